The molecule has 4 rings (SSSR count). The fourth-order valence-corrected chi connectivity index (χ4v) is 6.67. The van der Waals surface area contributed by atoms with Gasteiger partial charge in [-0.05, 0) is 82.5 Å². The van der Waals surface area contributed by atoms with Gasteiger partial charge in [-0.25, -0.2) is 9.79 Å². The molecule has 0 saturated heterocycles. The van der Waals surface area contributed by atoms with Gasteiger partial charge in [0.1, 0.15) is 24.1 Å². The van der Waals surface area contributed by atoms with E-state index in [4.69, 9.17) is 14.2 Å². The Hall–Kier alpha value is -2.95. The Bertz CT molecular complexity index is 1580. The molecule has 0 N–H and O–H groups in total. The summed E-state index contributed by atoms with van der Waals surface area (Å²) in [6.07, 6.45) is 3.46. The molecule has 0 fully saturated rings. The van der Waals surface area contributed by atoms with E-state index in [1.54, 1.807) is 30.6 Å². The quantitative estimate of drug-likeness (QED) is 0.230. The summed E-state index contributed by atoms with van der Waals surface area (Å²) in [4.78, 5) is 32.2. The van der Waals surface area contributed by atoms with Crippen LogP contribution in [0.5, 0.6) is 11.5 Å². The molecule has 2 aromatic carbocycles. The topological polar surface area (TPSA) is 79.1 Å². The lowest BCUT2D eigenvalue weighted by molar-refractivity contribution is -0.139. The van der Waals surface area contributed by atoms with Crippen molar-refractivity contribution in [3.8, 4) is 11.5 Å². The number of benzene rings is 2. The van der Waals surface area contributed by atoms with E-state index in [0.717, 1.165) is 14.5 Å². The van der Waals surface area contributed by atoms with Gasteiger partial charge in [-0.1, -0.05) is 42.2 Å². The summed E-state index contributed by atoms with van der Waals surface area (Å²) in [5.74, 6) is 0.724. The zero-order valence-corrected chi connectivity index (χ0v) is 25.1. The molecule has 0 amide bonds. The number of allylic oxidation sites excluding steroid dienone is 1. The van der Waals surface area contributed by atoms with E-state index in [9.17, 15) is 9.59 Å². The Morgan fingerprint density at radius 3 is 2.53 bits per heavy atom. The van der Waals surface area contributed by atoms with Crippen LogP contribution in [-0.4, -0.2) is 30.4 Å². The summed E-state index contributed by atoms with van der Waals surface area (Å²) in [6, 6.07) is 10.4. The van der Waals surface area contributed by atoms with Crippen molar-refractivity contribution in [2.75, 3.05) is 19.8 Å². The lowest BCUT2D eigenvalue weighted by Crippen LogP contribution is -2.40. The van der Waals surface area contributed by atoms with E-state index < -0.39 is 12.0 Å². The molecule has 0 unspecified atom stereocenters. The lowest BCUT2D eigenvalue weighted by Gasteiger charge is -2.26. The Balaban J connectivity index is 1.92. The monoisotopic (exact) mass is 660 g/mol. The Morgan fingerprint density at radius 1 is 1.16 bits per heavy atom. The van der Waals surface area contributed by atoms with Gasteiger partial charge in [-0.15, -0.1) is 0 Å². The minimum atomic E-state index is -0.747. The number of rotatable bonds is 9. The average Bonchev–Trinajstić information content (AvgIpc) is 3.17. The first-order chi connectivity index (χ1) is 18.3. The third kappa shape index (κ3) is 5.57. The van der Waals surface area contributed by atoms with E-state index >= 15 is 0 Å². The number of hydrogen-bond donors (Lipinski definition) is 0. The molecular formula is C28H26Br2N2O5S. The second kappa shape index (κ2) is 12.3. The minimum absolute atomic E-state index is 0.204. The number of nitrogens with zero attached hydrogens (tertiary/aromatic N) is 2. The summed E-state index contributed by atoms with van der Waals surface area (Å²) in [6.45, 7) is 10.1. The largest absolute Gasteiger partial charge is 0.494 e. The van der Waals surface area contributed by atoms with Gasteiger partial charge in [-0.2, -0.15) is 0 Å². The maximum Gasteiger partial charge on any atom is 0.338 e. The van der Waals surface area contributed by atoms with Crippen molar-refractivity contribution >= 4 is 55.2 Å². The first-order valence-corrected chi connectivity index (χ1v) is 14.3. The van der Waals surface area contributed by atoms with Crippen LogP contribution >= 0.6 is 43.2 Å². The zero-order valence-electron chi connectivity index (χ0n) is 21.1. The molecule has 0 aliphatic carbocycles. The summed E-state index contributed by atoms with van der Waals surface area (Å²) in [5, 5.41) is 0. The minimum Gasteiger partial charge on any atom is -0.494 e. The van der Waals surface area contributed by atoms with Crippen molar-refractivity contribution in [2.24, 2.45) is 4.99 Å². The molecule has 1 aliphatic heterocycles. The number of aromatic nitrogens is 1. The van der Waals surface area contributed by atoms with Gasteiger partial charge in [0, 0.05) is 5.56 Å². The average molecular weight is 662 g/mol. The predicted octanol–water partition coefficient (Wildman–Crippen LogP) is 5.29. The molecule has 2 heterocycles. The predicted molar refractivity (Wildman–Crippen MR) is 156 cm³/mol. The van der Waals surface area contributed by atoms with E-state index in [1.165, 1.54) is 11.3 Å². The smallest absolute Gasteiger partial charge is 0.338 e. The van der Waals surface area contributed by atoms with Gasteiger partial charge in [0.05, 0.1) is 38.0 Å². The Morgan fingerprint density at radius 2 is 1.87 bits per heavy atom. The Labute approximate surface area is 241 Å². The molecule has 1 atom stereocenters. The van der Waals surface area contributed by atoms with Crippen molar-refractivity contribution in [1.29, 1.82) is 0 Å². The molecule has 3 aromatic rings. The Kier molecular flexibility index (Phi) is 9.07. The molecule has 198 valence electrons. The van der Waals surface area contributed by atoms with E-state index in [0.29, 0.717) is 50.9 Å². The number of para-hydroxylation sites is 1. The molecule has 10 heteroatoms. The van der Waals surface area contributed by atoms with Crippen LogP contribution in [0, 0.1) is 0 Å². The van der Waals surface area contributed by atoms with Crippen LogP contribution in [0.4, 0.5) is 0 Å². The van der Waals surface area contributed by atoms with Crippen molar-refractivity contribution in [2.45, 2.75) is 26.8 Å². The summed E-state index contributed by atoms with van der Waals surface area (Å²) >= 11 is 8.35. The summed E-state index contributed by atoms with van der Waals surface area (Å²) < 4.78 is 20.5. The van der Waals surface area contributed by atoms with Crippen LogP contribution in [0.1, 0.15) is 37.9 Å². The number of ether oxygens (including phenoxy) is 3. The molecule has 0 bridgehead atoms. The van der Waals surface area contributed by atoms with Gasteiger partial charge >= 0.3 is 5.97 Å². The maximum absolute atomic E-state index is 13.9. The second-order valence-electron chi connectivity index (χ2n) is 8.19. The summed E-state index contributed by atoms with van der Waals surface area (Å²) in [5.41, 5.74) is 2.02. The molecule has 7 nitrogen and oxygen atoms in total. The molecule has 0 spiro atoms. The van der Waals surface area contributed by atoms with Crippen molar-refractivity contribution in [1.82, 2.24) is 4.57 Å². The fraction of sp³-hybridized carbons (Fsp3) is 0.250. The molecule has 0 radical (unpaired) electrons. The van der Waals surface area contributed by atoms with Crippen LogP contribution in [0.3, 0.4) is 0 Å². The van der Waals surface area contributed by atoms with E-state index in [2.05, 4.69) is 43.4 Å². The zero-order chi connectivity index (χ0) is 27.4. The van der Waals surface area contributed by atoms with Crippen molar-refractivity contribution in [3.05, 3.63) is 100 Å². The number of fused-ring (bicyclic) bond motifs is 1. The number of thiazole rings is 1. The van der Waals surface area contributed by atoms with Gasteiger partial charge < -0.3 is 14.2 Å². The highest BCUT2D eigenvalue weighted by molar-refractivity contribution is 9.11. The van der Waals surface area contributed by atoms with Crippen LogP contribution in [0.25, 0.3) is 6.08 Å². The third-order valence-corrected chi connectivity index (χ3v) is 7.86. The normalized spacial score (nSPS) is 15.1. The van der Waals surface area contributed by atoms with Crippen LogP contribution in [0.15, 0.2) is 79.1 Å². The van der Waals surface area contributed by atoms with E-state index in [1.807, 2.05) is 43.3 Å². The van der Waals surface area contributed by atoms with Crippen LogP contribution in [-0.2, 0) is 9.53 Å². The molecule has 38 heavy (non-hydrogen) atoms. The molecule has 1 aliphatic rings. The first kappa shape index (κ1) is 28.1. The van der Waals surface area contributed by atoms with Gasteiger partial charge in [0.25, 0.3) is 5.56 Å². The van der Waals surface area contributed by atoms with E-state index in [-0.39, 0.29) is 12.2 Å². The van der Waals surface area contributed by atoms with Crippen LogP contribution in [0.2, 0.25) is 0 Å². The molecule has 0 saturated carbocycles. The number of carbonyl (C=O) groups is 1. The van der Waals surface area contributed by atoms with Crippen molar-refractivity contribution < 1.29 is 19.0 Å². The van der Waals surface area contributed by atoms with Crippen molar-refractivity contribution in [3.63, 3.8) is 0 Å². The SMILES string of the molecule is C=CCOc1c(Br)cc(/C=c2\sc3n(c2=O)[C@@H](c2ccccc2OCC)C(C(=O)OCC)=C(C)N=3)cc1Br. The van der Waals surface area contributed by atoms with Gasteiger partial charge in [0.2, 0.25) is 0 Å². The number of halogens is 2. The fourth-order valence-electron chi connectivity index (χ4n) is 4.17. The lowest BCUT2D eigenvalue weighted by atomic mass is 9.95. The highest BCUT2D eigenvalue weighted by Crippen LogP contribution is 2.37. The highest BCUT2D eigenvalue weighted by Gasteiger charge is 2.35. The second-order valence-corrected chi connectivity index (χ2v) is 10.9. The summed E-state index contributed by atoms with van der Waals surface area (Å²) in [7, 11) is 0. The number of esters is 1. The van der Waals surface area contributed by atoms with Gasteiger partial charge in [0.15, 0.2) is 4.80 Å². The maximum atomic E-state index is 13.9. The molecule has 1 aromatic heterocycles. The number of carbonyl (C=O) groups excluding carboxylic acids is 1. The van der Waals surface area contributed by atoms with Crippen LogP contribution < -0.4 is 24.4 Å². The standard InChI is InChI=1S/C28H26Br2N2O5S/c1-5-12-37-25-19(29)13-17(14-20(25)30)15-22-26(33)32-24(18-10-8-9-11-21(18)35-6-2)23(27(34)36-7-3)16(4)31-28(32)38-22/h5,8-11,13-15,24H,1,6-7,12H2,2-4H3/b22-15-/t24-/m0/s1. The number of hydrogen-bond acceptors (Lipinski definition) is 7. The molecular weight excluding hydrogens is 636 g/mol. The van der Waals surface area contributed by atoms with Gasteiger partial charge in [-0.3, -0.25) is 9.36 Å². The highest BCUT2D eigenvalue weighted by atomic mass is 79.9. The first-order valence-electron chi connectivity index (χ1n) is 11.9. The third-order valence-electron chi connectivity index (χ3n) is 5.69.